The van der Waals surface area contributed by atoms with Crippen molar-refractivity contribution in [2.75, 3.05) is 0 Å². The van der Waals surface area contributed by atoms with E-state index in [2.05, 4.69) is 22.2 Å². The fraction of sp³-hybridized carbons (Fsp3) is 0.429. The number of hydrogen-bond donors (Lipinski definition) is 2. The maximum atomic E-state index is 11.7. The quantitative estimate of drug-likeness (QED) is 0.867. The monoisotopic (exact) mass is 245 g/mol. The molecule has 2 rings (SSSR count). The molecule has 1 amide bonds. The van der Waals surface area contributed by atoms with Crippen molar-refractivity contribution in [1.29, 1.82) is 0 Å². The van der Waals surface area contributed by atoms with E-state index >= 15 is 0 Å². The third kappa shape index (κ3) is 2.88. The predicted octanol–water partition coefficient (Wildman–Crippen LogP) is 2.19. The zero-order valence-electron chi connectivity index (χ0n) is 11.1. The Hall–Kier alpha value is -1.84. The van der Waals surface area contributed by atoms with Gasteiger partial charge in [0.1, 0.15) is 5.82 Å². The van der Waals surface area contributed by atoms with Gasteiger partial charge in [-0.3, -0.25) is 4.79 Å². The second kappa shape index (κ2) is 5.21. The molecule has 1 heterocycles. The van der Waals surface area contributed by atoms with Gasteiger partial charge >= 0.3 is 0 Å². The molecule has 0 saturated heterocycles. The topological polar surface area (TPSA) is 57.8 Å². The highest BCUT2D eigenvalue weighted by atomic mass is 16.1. The van der Waals surface area contributed by atoms with Crippen molar-refractivity contribution in [3.63, 3.8) is 0 Å². The van der Waals surface area contributed by atoms with Gasteiger partial charge in [0.2, 0.25) is 5.91 Å². The van der Waals surface area contributed by atoms with Gasteiger partial charge in [0.05, 0.1) is 17.5 Å². The second-order valence-electron chi connectivity index (χ2n) is 4.79. The maximum Gasteiger partial charge on any atom is 0.224 e. The fourth-order valence-corrected chi connectivity index (χ4v) is 1.95. The Balaban J connectivity index is 2.16. The average molecular weight is 245 g/mol. The Morgan fingerprint density at radius 1 is 1.44 bits per heavy atom. The summed E-state index contributed by atoms with van der Waals surface area (Å²) in [6.45, 7) is 5.99. The van der Waals surface area contributed by atoms with Crippen LogP contribution in [0.2, 0.25) is 0 Å². The summed E-state index contributed by atoms with van der Waals surface area (Å²) in [5.41, 5.74) is 2.97. The summed E-state index contributed by atoms with van der Waals surface area (Å²) in [5.74, 6) is 1.04. The normalized spacial score (nSPS) is 11.1. The van der Waals surface area contributed by atoms with Gasteiger partial charge in [0, 0.05) is 12.5 Å². The minimum absolute atomic E-state index is 0.0552. The van der Waals surface area contributed by atoms with Gasteiger partial charge < -0.3 is 10.3 Å². The lowest BCUT2D eigenvalue weighted by molar-refractivity contribution is -0.120. The van der Waals surface area contributed by atoms with Gasteiger partial charge in [-0.25, -0.2) is 4.98 Å². The number of rotatable bonds is 4. The molecule has 0 spiro atoms. The number of carbonyl (C=O) groups is 1. The first kappa shape index (κ1) is 12.6. The van der Waals surface area contributed by atoms with Gasteiger partial charge in [-0.2, -0.15) is 0 Å². The highest BCUT2D eigenvalue weighted by Gasteiger charge is 2.07. The number of nitrogens with one attached hydrogen (secondary N) is 2. The first-order valence-corrected chi connectivity index (χ1v) is 6.35. The standard InChI is InChI=1S/C14H19N3O/c1-4-13-16-11-6-5-10(7-12(11)17-13)8-14(18)15-9(2)3/h5-7,9H,4,8H2,1-3H3,(H,15,18)(H,16,17). The Morgan fingerprint density at radius 3 is 2.89 bits per heavy atom. The van der Waals surface area contributed by atoms with Crippen LogP contribution in [0.5, 0.6) is 0 Å². The summed E-state index contributed by atoms with van der Waals surface area (Å²) in [6.07, 6.45) is 1.30. The van der Waals surface area contributed by atoms with E-state index in [4.69, 9.17) is 0 Å². The molecular weight excluding hydrogens is 226 g/mol. The molecule has 1 aromatic heterocycles. The second-order valence-corrected chi connectivity index (χ2v) is 4.79. The molecule has 0 fully saturated rings. The molecule has 0 atom stereocenters. The molecule has 4 heteroatoms. The number of imidazole rings is 1. The first-order valence-electron chi connectivity index (χ1n) is 6.35. The fourth-order valence-electron chi connectivity index (χ4n) is 1.95. The molecular formula is C14H19N3O. The summed E-state index contributed by atoms with van der Waals surface area (Å²) in [7, 11) is 0. The van der Waals surface area contributed by atoms with Crippen molar-refractivity contribution in [1.82, 2.24) is 15.3 Å². The van der Waals surface area contributed by atoms with Crippen LogP contribution in [0.15, 0.2) is 18.2 Å². The molecule has 0 radical (unpaired) electrons. The number of amides is 1. The van der Waals surface area contributed by atoms with Crippen LogP contribution in [0.1, 0.15) is 32.2 Å². The zero-order valence-corrected chi connectivity index (χ0v) is 11.1. The number of aromatic amines is 1. The first-order chi connectivity index (χ1) is 8.58. The minimum Gasteiger partial charge on any atom is -0.354 e. The van der Waals surface area contributed by atoms with E-state index in [1.165, 1.54) is 0 Å². The molecule has 4 nitrogen and oxygen atoms in total. The van der Waals surface area contributed by atoms with E-state index in [9.17, 15) is 4.79 Å². The molecule has 0 aliphatic rings. The smallest absolute Gasteiger partial charge is 0.224 e. The highest BCUT2D eigenvalue weighted by Crippen LogP contribution is 2.14. The summed E-state index contributed by atoms with van der Waals surface area (Å²) in [4.78, 5) is 19.4. The van der Waals surface area contributed by atoms with Crippen molar-refractivity contribution in [2.45, 2.75) is 39.7 Å². The molecule has 2 N–H and O–H groups in total. The van der Waals surface area contributed by atoms with E-state index in [1.807, 2.05) is 32.0 Å². The molecule has 0 saturated carbocycles. The number of fused-ring (bicyclic) bond motifs is 1. The van der Waals surface area contributed by atoms with Gasteiger partial charge in [0.15, 0.2) is 0 Å². The van der Waals surface area contributed by atoms with Crippen LogP contribution in [0.4, 0.5) is 0 Å². The molecule has 1 aromatic carbocycles. The third-order valence-corrected chi connectivity index (χ3v) is 2.74. The summed E-state index contributed by atoms with van der Waals surface area (Å²) >= 11 is 0. The predicted molar refractivity (Wildman–Crippen MR) is 72.5 cm³/mol. The lowest BCUT2D eigenvalue weighted by Crippen LogP contribution is -2.31. The Morgan fingerprint density at radius 2 is 2.22 bits per heavy atom. The summed E-state index contributed by atoms with van der Waals surface area (Å²) in [5, 5.41) is 2.89. The number of nitrogens with zero attached hydrogens (tertiary/aromatic N) is 1. The van der Waals surface area contributed by atoms with Gasteiger partial charge in [-0.05, 0) is 31.5 Å². The molecule has 0 unspecified atom stereocenters. The van der Waals surface area contributed by atoms with E-state index in [0.29, 0.717) is 6.42 Å². The number of aryl methyl sites for hydroxylation is 1. The Kier molecular flexibility index (Phi) is 3.65. The van der Waals surface area contributed by atoms with Gasteiger partial charge in [-0.15, -0.1) is 0 Å². The van der Waals surface area contributed by atoms with Gasteiger partial charge in [0.25, 0.3) is 0 Å². The number of H-pyrrole nitrogens is 1. The van der Waals surface area contributed by atoms with Crippen LogP contribution in [-0.2, 0) is 17.6 Å². The Labute approximate surface area is 107 Å². The number of hydrogen-bond acceptors (Lipinski definition) is 2. The van der Waals surface area contributed by atoms with Gasteiger partial charge in [-0.1, -0.05) is 13.0 Å². The van der Waals surface area contributed by atoms with E-state index in [-0.39, 0.29) is 11.9 Å². The molecule has 0 aliphatic heterocycles. The van der Waals surface area contributed by atoms with E-state index in [1.54, 1.807) is 0 Å². The van der Waals surface area contributed by atoms with Crippen LogP contribution in [-0.4, -0.2) is 21.9 Å². The van der Waals surface area contributed by atoms with E-state index < -0.39 is 0 Å². The number of benzene rings is 1. The van der Waals surface area contributed by atoms with Crippen molar-refractivity contribution in [2.24, 2.45) is 0 Å². The minimum atomic E-state index is 0.0552. The summed E-state index contributed by atoms with van der Waals surface area (Å²) in [6, 6.07) is 6.10. The van der Waals surface area contributed by atoms with Crippen molar-refractivity contribution < 1.29 is 4.79 Å². The van der Waals surface area contributed by atoms with Crippen molar-refractivity contribution in [3.05, 3.63) is 29.6 Å². The molecule has 96 valence electrons. The molecule has 2 aromatic rings. The van der Waals surface area contributed by atoms with Crippen LogP contribution in [0.25, 0.3) is 11.0 Å². The van der Waals surface area contributed by atoms with Crippen LogP contribution in [0.3, 0.4) is 0 Å². The number of carbonyl (C=O) groups excluding carboxylic acids is 1. The molecule has 18 heavy (non-hydrogen) atoms. The Bertz CT molecular complexity index is 557. The van der Waals surface area contributed by atoms with E-state index in [0.717, 1.165) is 28.8 Å². The lowest BCUT2D eigenvalue weighted by Gasteiger charge is -2.07. The largest absolute Gasteiger partial charge is 0.354 e. The maximum absolute atomic E-state index is 11.7. The lowest BCUT2D eigenvalue weighted by atomic mass is 10.1. The SMILES string of the molecule is CCc1nc2ccc(CC(=O)NC(C)C)cc2[nH]1. The van der Waals surface area contributed by atoms with Crippen LogP contribution >= 0.6 is 0 Å². The number of aromatic nitrogens is 2. The third-order valence-electron chi connectivity index (χ3n) is 2.74. The molecule has 0 bridgehead atoms. The highest BCUT2D eigenvalue weighted by molar-refractivity contribution is 5.81. The van der Waals surface area contributed by atoms with Crippen molar-refractivity contribution in [3.8, 4) is 0 Å². The van der Waals surface area contributed by atoms with Crippen LogP contribution in [0, 0.1) is 0 Å². The summed E-state index contributed by atoms with van der Waals surface area (Å²) < 4.78 is 0. The van der Waals surface area contributed by atoms with Crippen molar-refractivity contribution >= 4 is 16.9 Å². The average Bonchev–Trinajstić information content (AvgIpc) is 2.69. The van der Waals surface area contributed by atoms with Crippen LogP contribution < -0.4 is 5.32 Å². The zero-order chi connectivity index (χ0) is 13.1. The molecule has 0 aliphatic carbocycles.